The molecule has 3 aromatic carbocycles. The van der Waals surface area contributed by atoms with Gasteiger partial charge in [0.1, 0.15) is 11.6 Å². The van der Waals surface area contributed by atoms with Gasteiger partial charge >= 0.3 is 0 Å². The van der Waals surface area contributed by atoms with Crippen molar-refractivity contribution in [3.05, 3.63) is 114 Å². The number of amides is 1. The Labute approximate surface area is 233 Å². The summed E-state index contributed by atoms with van der Waals surface area (Å²) in [6, 6.07) is 20.3. The van der Waals surface area contributed by atoms with Crippen LogP contribution in [0.5, 0.6) is 0 Å². The Morgan fingerprint density at radius 3 is 2.60 bits per heavy atom. The number of aryl methyl sites for hydroxylation is 2. The van der Waals surface area contributed by atoms with Crippen LogP contribution in [-0.4, -0.2) is 23.9 Å². The van der Waals surface area contributed by atoms with Gasteiger partial charge in [-0.2, -0.15) is 0 Å². The zero-order valence-electron chi connectivity index (χ0n) is 22.2. The van der Waals surface area contributed by atoms with Crippen LogP contribution >= 0.6 is 0 Å². The molecule has 0 radical (unpaired) electrons. The first-order valence-corrected chi connectivity index (χ1v) is 15.0. The SMILES string of the molecule is Cn1ccnc1CN(C(=O)[C@@H]1C[C@@H]1c1ccc(F)cc1)c1ccc2c(c1)[C@@H](NS(=O)(=O)c1ccccc1)CCC2. The molecule has 3 atom stereocenters. The average Bonchev–Trinajstić information content (AvgIpc) is 3.66. The van der Waals surface area contributed by atoms with Crippen LogP contribution in [0.3, 0.4) is 0 Å². The van der Waals surface area contributed by atoms with Gasteiger partial charge in [0, 0.05) is 37.1 Å². The molecule has 0 aliphatic heterocycles. The van der Waals surface area contributed by atoms with E-state index in [9.17, 15) is 17.6 Å². The number of hydrogen-bond acceptors (Lipinski definition) is 4. The molecule has 1 amide bonds. The maximum absolute atomic E-state index is 14.0. The highest BCUT2D eigenvalue weighted by Gasteiger charge is 2.46. The van der Waals surface area contributed by atoms with Crippen LogP contribution in [-0.2, 0) is 34.8 Å². The number of nitrogens with one attached hydrogen (secondary N) is 1. The van der Waals surface area contributed by atoms with Crippen LogP contribution in [0.15, 0.2) is 90.1 Å². The van der Waals surface area contributed by atoms with Crippen molar-refractivity contribution < 1.29 is 17.6 Å². The number of carbonyl (C=O) groups excluding carboxylic acids is 1. The predicted octanol–water partition coefficient (Wildman–Crippen LogP) is 5.25. The number of halogens is 1. The van der Waals surface area contributed by atoms with Crippen molar-refractivity contribution in [2.45, 2.75) is 49.1 Å². The van der Waals surface area contributed by atoms with Crippen molar-refractivity contribution >= 4 is 21.6 Å². The summed E-state index contributed by atoms with van der Waals surface area (Å²) in [5.41, 5.74) is 3.64. The van der Waals surface area contributed by atoms with Gasteiger partial charge < -0.3 is 9.47 Å². The Bertz CT molecular complexity index is 1640. The summed E-state index contributed by atoms with van der Waals surface area (Å²) in [5, 5.41) is 0. The molecule has 0 bridgehead atoms. The van der Waals surface area contributed by atoms with E-state index in [2.05, 4.69) is 9.71 Å². The summed E-state index contributed by atoms with van der Waals surface area (Å²) in [4.78, 5) is 20.4. The van der Waals surface area contributed by atoms with E-state index < -0.39 is 16.1 Å². The van der Waals surface area contributed by atoms with Crippen molar-refractivity contribution in [1.82, 2.24) is 14.3 Å². The largest absolute Gasteiger partial charge is 0.337 e. The molecule has 0 spiro atoms. The maximum Gasteiger partial charge on any atom is 0.241 e. The molecular formula is C31H31FN4O3S. The normalized spacial score (nSPS) is 20.1. The van der Waals surface area contributed by atoms with E-state index in [1.165, 1.54) is 12.1 Å². The summed E-state index contributed by atoms with van der Waals surface area (Å²) in [5.74, 6) is 0.255. The van der Waals surface area contributed by atoms with Gasteiger partial charge in [0.2, 0.25) is 15.9 Å². The second-order valence-electron chi connectivity index (χ2n) is 10.6. The van der Waals surface area contributed by atoms with Crippen LogP contribution in [0.1, 0.15) is 53.7 Å². The first kappa shape index (κ1) is 26.4. The number of nitrogens with zero attached hydrogens (tertiary/aromatic N) is 3. The Kier molecular flexibility index (Phi) is 7.02. The van der Waals surface area contributed by atoms with Crippen molar-refractivity contribution in [1.29, 1.82) is 0 Å². The van der Waals surface area contributed by atoms with E-state index >= 15 is 0 Å². The molecule has 40 heavy (non-hydrogen) atoms. The van der Waals surface area contributed by atoms with Gasteiger partial charge in [-0.1, -0.05) is 36.4 Å². The van der Waals surface area contributed by atoms with Gasteiger partial charge in [-0.05, 0) is 84.7 Å². The van der Waals surface area contributed by atoms with Gasteiger partial charge in [0.25, 0.3) is 0 Å². The lowest BCUT2D eigenvalue weighted by Gasteiger charge is -2.29. The number of benzene rings is 3. The zero-order valence-corrected chi connectivity index (χ0v) is 23.0. The molecule has 0 unspecified atom stereocenters. The van der Waals surface area contributed by atoms with Gasteiger partial charge in [0.15, 0.2) is 0 Å². The molecule has 6 rings (SSSR count). The lowest BCUT2D eigenvalue weighted by molar-refractivity contribution is -0.120. The van der Waals surface area contributed by atoms with Crippen LogP contribution in [0.25, 0.3) is 0 Å². The second-order valence-corrected chi connectivity index (χ2v) is 12.4. The Morgan fingerprint density at radius 2 is 1.88 bits per heavy atom. The van der Waals surface area contributed by atoms with E-state index in [0.29, 0.717) is 18.5 Å². The summed E-state index contributed by atoms with van der Waals surface area (Å²) < 4.78 is 44.6. The van der Waals surface area contributed by atoms with Crippen molar-refractivity contribution in [2.24, 2.45) is 13.0 Å². The fourth-order valence-corrected chi connectivity index (χ4v) is 6.94. The average molecular weight is 559 g/mol. The molecule has 2 aliphatic rings. The first-order chi connectivity index (χ1) is 19.3. The maximum atomic E-state index is 14.0. The third-order valence-electron chi connectivity index (χ3n) is 8.00. The van der Waals surface area contributed by atoms with Gasteiger partial charge in [-0.3, -0.25) is 4.79 Å². The molecule has 0 saturated heterocycles. The van der Waals surface area contributed by atoms with Crippen molar-refractivity contribution in [3.8, 4) is 0 Å². The Morgan fingerprint density at radius 1 is 1.10 bits per heavy atom. The summed E-state index contributed by atoms with van der Waals surface area (Å²) in [6.45, 7) is 0.286. The molecule has 1 aromatic heterocycles. The molecule has 1 saturated carbocycles. The number of aromatic nitrogens is 2. The summed E-state index contributed by atoms with van der Waals surface area (Å²) in [7, 11) is -1.82. The molecule has 9 heteroatoms. The number of hydrogen-bond donors (Lipinski definition) is 1. The quantitative estimate of drug-likeness (QED) is 0.320. The summed E-state index contributed by atoms with van der Waals surface area (Å²) >= 11 is 0. The third kappa shape index (κ3) is 5.31. The molecule has 7 nitrogen and oxygen atoms in total. The monoisotopic (exact) mass is 558 g/mol. The number of rotatable bonds is 8. The van der Waals surface area contributed by atoms with E-state index in [1.54, 1.807) is 53.6 Å². The minimum Gasteiger partial charge on any atom is -0.337 e. The number of imidazole rings is 1. The molecule has 4 aromatic rings. The Balaban J connectivity index is 1.31. The molecule has 2 aliphatic carbocycles. The van der Waals surface area contributed by atoms with E-state index in [1.807, 2.05) is 36.0 Å². The number of sulfonamides is 1. The van der Waals surface area contributed by atoms with Crippen LogP contribution in [0, 0.1) is 11.7 Å². The van der Waals surface area contributed by atoms with Crippen LogP contribution < -0.4 is 9.62 Å². The Hall–Kier alpha value is -3.82. The minimum absolute atomic E-state index is 0.0190. The van der Waals surface area contributed by atoms with E-state index in [-0.39, 0.29) is 35.0 Å². The fourth-order valence-electron chi connectivity index (χ4n) is 5.66. The second kappa shape index (κ2) is 10.6. The molecule has 1 heterocycles. The topological polar surface area (TPSA) is 84.3 Å². The molecule has 1 fully saturated rings. The van der Waals surface area contributed by atoms with Gasteiger partial charge in [0.05, 0.1) is 11.4 Å². The summed E-state index contributed by atoms with van der Waals surface area (Å²) in [6.07, 6.45) is 6.64. The standard InChI is InChI=1S/C31H31FN4O3S/c1-35-17-16-33-30(35)20-36(31(37)28-19-26(28)22-10-13-23(32)14-11-22)24-15-12-21-6-5-9-29(27(21)18-24)34-40(38,39)25-7-3-2-4-8-25/h2-4,7-8,10-18,26,28-29,34H,5-6,9,19-20H2,1H3/t26-,28-,29+/m1/s1. The van der Waals surface area contributed by atoms with Gasteiger partial charge in [-0.15, -0.1) is 0 Å². The fraction of sp³-hybridized carbons (Fsp3) is 0.290. The minimum atomic E-state index is -3.71. The molecule has 206 valence electrons. The number of anilines is 1. The first-order valence-electron chi connectivity index (χ1n) is 13.5. The highest BCUT2D eigenvalue weighted by atomic mass is 32.2. The highest BCUT2D eigenvalue weighted by Crippen LogP contribution is 2.49. The van der Waals surface area contributed by atoms with Gasteiger partial charge in [-0.25, -0.2) is 22.5 Å². The van der Waals surface area contributed by atoms with E-state index in [0.717, 1.165) is 35.4 Å². The predicted molar refractivity (Wildman–Crippen MR) is 151 cm³/mol. The van der Waals surface area contributed by atoms with E-state index in [4.69, 9.17) is 0 Å². The lowest BCUT2D eigenvalue weighted by Crippen LogP contribution is -2.34. The van der Waals surface area contributed by atoms with Crippen LogP contribution in [0.4, 0.5) is 10.1 Å². The van der Waals surface area contributed by atoms with Crippen molar-refractivity contribution in [3.63, 3.8) is 0 Å². The smallest absolute Gasteiger partial charge is 0.241 e. The number of fused-ring (bicyclic) bond motifs is 1. The third-order valence-corrected chi connectivity index (χ3v) is 9.49. The highest BCUT2D eigenvalue weighted by molar-refractivity contribution is 7.89. The number of carbonyl (C=O) groups is 1. The molecule has 1 N–H and O–H groups in total. The van der Waals surface area contributed by atoms with Crippen LogP contribution in [0.2, 0.25) is 0 Å². The zero-order chi connectivity index (χ0) is 27.9. The van der Waals surface area contributed by atoms with Crippen molar-refractivity contribution in [2.75, 3.05) is 4.90 Å². The molecular weight excluding hydrogens is 527 g/mol. The lowest BCUT2D eigenvalue weighted by atomic mass is 9.87.